The zero-order valence-electron chi connectivity index (χ0n) is 35.3. The number of benzene rings is 2. The maximum Gasteiger partial charge on any atom is 0.266 e. The minimum atomic E-state index is -0.996. The van der Waals surface area contributed by atoms with Crippen molar-refractivity contribution in [2.45, 2.75) is 38.1 Å². The lowest BCUT2D eigenvalue weighted by Crippen LogP contribution is -2.54. The molecule has 0 spiro atoms. The van der Waals surface area contributed by atoms with Gasteiger partial charge in [0.15, 0.2) is 11.4 Å². The van der Waals surface area contributed by atoms with E-state index in [1.54, 1.807) is 61.6 Å². The highest BCUT2D eigenvalue weighted by molar-refractivity contribution is 6.24. The van der Waals surface area contributed by atoms with E-state index in [1.165, 1.54) is 16.9 Å². The Hall–Kier alpha value is -6.51. The Bertz CT molecular complexity index is 2520. The molecule has 336 valence electrons. The molecule has 4 amide bonds. The Morgan fingerprint density at radius 3 is 2.17 bits per heavy atom. The molecule has 2 aliphatic heterocycles. The van der Waals surface area contributed by atoms with Crippen molar-refractivity contribution >= 4 is 40.5 Å². The molecule has 0 saturated carbocycles. The maximum atomic E-state index is 13.2. The lowest BCUT2D eigenvalue weighted by molar-refractivity contribution is -0.136. The summed E-state index contributed by atoms with van der Waals surface area (Å²) < 4.78 is 40.5. The van der Waals surface area contributed by atoms with Crippen LogP contribution >= 0.6 is 0 Å². The van der Waals surface area contributed by atoms with Crippen molar-refractivity contribution in [2.24, 2.45) is 7.05 Å². The molecule has 1 atom stereocenters. The van der Waals surface area contributed by atoms with Gasteiger partial charge in [0.25, 0.3) is 17.4 Å². The lowest BCUT2D eigenvalue weighted by Gasteiger charge is -2.27. The predicted octanol–water partition coefficient (Wildman–Crippen LogP) is 2.90. The van der Waals surface area contributed by atoms with Crippen LogP contribution < -0.4 is 15.6 Å². The summed E-state index contributed by atoms with van der Waals surface area (Å²) in [7, 11) is 1.55. The van der Waals surface area contributed by atoms with Crippen LogP contribution in [-0.2, 0) is 53.2 Å². The van der Waals surface area contributed by atoms with Gasteiger partial charge in [-0.25, -0.2) is 14.6 Å². The minimum Gasteiger partial charge on any atom is -0.490 e. The summed E-state index contributed by atoms with van der Waals surface area (Å²) in [5.41, 5.74) is 3.64. The second-order valence-electron chi connectivity index (χ2n) is 14.8. The molecule has 1 N–H and O–H groups in total. The lowest BCUT2D eigenvalue weighted by atomic mass is 9.99. The van der Waals surface area contributed by atoms with E-state index < -0.39 is 29.7 Å². The molecule has 3 aromatic heterocycles. The van der Waals surface area contributed by atoms with Gasteiger partial charge in [-0.15, -0.1) is 0 Å². The highest BCUT2D eigenvalue weighted by atomic mass is 16.6. The van der Waals surface area contributed by atoms with Crippen molar-refractivity contribution in [2.75, 3.05) is 72.7 Å². The quantitative estimate of drug-likeness (QED) is 0.0505. The predicted molar refractivity (Wildman–Crippen MR) is 226 cm³/mol. The van der Waals surface area contributed by atoms with Crippen LogP contribution in [0.4, 0.5) is 0 Å². The number of hydrogen-bond acceptors (Lipinski definition) is 16. The Morgan fingerprint density at radius 1 is 0.797 bits per heavy atom. The van der Waals surface area contributed by atoms with Gasteiger partial charge in [-0.1, -0.05) is 18.2 Å². The molecule has 19 nitrogen and oxygen atoms in total. The van der Waals surface area contributed by atoms with Crippen molar-refractivity contribution in [1.29, 1.82) is 0 Å². The van der Waals surface area contributed by atoms with Crippen LogP contribution in [0, 0.1) is 0 Å². The number of pyridine rings is 1. The number of nitrogens with zero attached hydrogens (tertiary/aromatic N) is 5. The number of aryl methyl sites for hydroxylation is 2. The summed E-state index contributed by atoms with van der Waals surface area (Å²) in [6.07, 6.45) is 2.94. The first kappa shape index (κ1) is 45.5. The van der Waals surface area contributed by atoms with Gasteiger partial charge < -0.3 is 32.8 Å². The van der Waals surface area contributed by atoms with Crippen LogP contribution in [0.3, 0.4) is 0 Å². The number of rotatable bonds is 25. The smallest absolute Gasteiger partial charge is 0.266 e. The van der Waals surface area contributed by atoms with Gasteiger partial charge in [0.1, 0.15) is 35.3 Å². The van der Waals surface area contributed by atoms with Crippen LogP contribution in [0.5, 0.6) is 5.75 Å². The molecule has 0 aliphatic carbocycles. The largest absolute Gasteiger partial charge is 0.490 e. The first-order valence-corrected chi connectivity index (χ1v) is 20.9. The van der Waals surface area contributed by atoms with Crippen molar-refractivity contribution in [3.8, 4) is 17.3 Å². The molecule has 7 rings (SSSR count). The van der Waals surface area contributed by atoms with Crippen molar-refractivity contribution in [3.05, 3.63) is 105 Å². The summed E-state index contributed by atoms with van der Waals surface area (Å²) in [6, 6.07) is 15.7. The SMILES string of the molecule is Cn1nc(-c2nc3cc(CC(=O)c4ccc(OCCOCCOCCOCCOCCOCCCc5cccc6c5C(=O)N(C5CCC(=O)NC5=O)C6=O)cn4)ccc3o2)ccc1=O. The molecule has 5 aromatic rings. The molecule has 1 unspecified atom stereocenters. The molecule has 2 aromatic carbocycles. The highest BCUT2D eigenvalue weighted by Gasteiger charge is 2.45. The standard InChI is InChI=1S/C45H48N6O13/c1-50-40(54)14-10-34(49-50)43-47-35-26-29(7-12-38(35)64-43)27-37(52)33-9-8-31(28-46-33)63-25-24-62-23-22-61-21-20-60-19-18-59-17-16-58-15-3-5-30-4-2-6-32-41(30)45(57)51(44(32)56)36-11-13-39(53)48-42(36)55/h2,4,6-10,12,14,26,28,36H,3,5,11,13,15-25,27H2,1H3,(H,48,53,55). The number of ketones is 1. The van der Waals surface area contributed by atoms with Gasteiger partial charge in [0.2, 0.25) is 17.7 Å². The molecular weight excluding hydrogens is 833 g/mol. The average Bonchev–Trinajstić information content (AvgIpc) is 3.83. The number of nitrogens with one attached hydrogen (secondary N) is 1. The van der Waals surface area contributed by atoms with Gasteiger partial charge in [-0.2, -0.15) is 5.10 Å². The van der Waals surface area contributed by atoms with E-state index in [1.807, 2.05) is 0 Å². The number of aromatic nitrogens is 4. The third-order valence-corrected chi connectivity index (χ3v) is 10.3. The average molecular weight is 881 g/mol. The van der Waals surface area contributed by atoms with Crippen molar-refractivity contribution in [1.82, 2.24) is 30.0 Å². The normalized spacial score (nSPS) is 15.0. The van der Waals surface area contributed by atoms with E-state index in [0.717, 1.165) is 10.5 Å². The molecule has 0 bridgehead atoms. The Morgan fingerprint density at radius 2 is 1.50 bits per heavy atom. The maximum absolute atomic E-state index is 13.2. The molecule has 19 heteroatoms. The van der Waals surface area contributed by atoms with Crippen molar-refractivity contribution in [3.63, 3.8) is 0 Å². The molecular formula is C45H48N6O13. The second-order valence-corrected chi connectivity index (χ2v) is 14.8. The first-order valence-electron chi connectivity index (χ1n) is 20.9. The number of fused-ring (bicyclic) bond motifs is 2. The van der Waals surface area contributed by atoms with E-state index in [2.05, 4.69) is 20.4 Å². The summed E-state index contributed by atoms with van der Waals surface area (Å²) >= 11 is 0. The number of piperidine rings is 1. The number of ether oxygens (including phenoxy) is 6. The topological polar surface area (TPSA) is 230 Å². The highest BCUT2D eigenvalue weighted by Crippen LogP contribution is 2.30. The van der Waals surface area contributed by atoms with E-state index >= 15 is 0 Å². The fourth-order valence-corrected chi connectivity index (χ4v) is 7.07. The third kappa shape index (κ3) is 11.7. The van der Waals surface area contributed by atoms with E-state index in [0.29, 0.717) is 125 Å². The summed E-state index contributed by atoms with van der Waals surface area (Å²) in [5.74, 6) is -1.45. The van der Waals surface area contributed by atoms with Crippen LogP contribution in [0.2, 0.25) is 0 Å². The number of amides is 4. The zero-order chi connectivity index (χ0) is 44.8. The van der Waals surface area contributed by atoms with Gasteiger partial charge in [-0.3, -0.25) is 39.0 Å². The third-order valence-electron chi connectivity index (χ3n) is 10.3. The number of Topliss-reactive ketones (excluding diaryl/α,β-unsaturated/α-hetero) is 1. The number of carbonyl (C=O) groups is 5. The first-order chi connectivity index (χ1) is 31.2. The summed E-state index contributed by atoms with van der Waals surface area (Å²) in [4.78, 5) is 84.5. The molecule has 2 aliphatic rings. The van der Waals surface area contributed by atoms with Crippen LogP contribution in [0.15, 0.2) is 76.1 Å². The van der Waals surface area contributed by atoms with Gasteiger partial charge in [-0.05, 0) is 66.8 Å². The monoisotopic (exact) mass is 880 g/mol. The molecule has 64 heavy (non-hydrogen) atoms. The molecule has 5 heterocycles. The fourth-order valence-electron chi connectivity index (χ4n) is 7.07. The second kappa shape index (κ2) is 22.2. The molecule has 1 saturated heterocycles. The number of hydrogen-bond donors (Lipinski definition) is 1. The Kier molecular flexibility index (Phi) is 15.8. The Labute approximate surface area is 366 Å². The summed E-state index contributed by atoms with van der Waals surface area (Å²) in [6.45, 7) is 4.27. The Balaban J connectivity index is 0.665. The van der Waals surface area contributed by atoms with E-state index in [-0.39, 0.29) is 42.1 Å². The van der Waals surface area contributed by atoms with Crippen LogP contribution in [0.1, 0.15) is 61.6 Å². The van der Waals surface area contributed by atoms with Gasteiger partial charge in [0, 0.05) is 32.6 Å². The summed E-state index contributed by atoms with van der Waals surface area (Å²) in [5, 5.41) is 6.38. The fraction of sp³-hybridized carbons (Fsp3) is 0.400. The van der Waals surface area contributed by atoms with E-state index in [4.69, 9.17) is 32.8 Å². The zero-order valence-corrected chi connectivity index (χ0v) is 35.3. The number of carbonyl (C=O) groups excluding carboxylic acids is 5. The van der Waals surface area contributed by atoms with Crippen LogP contribution in [0.25, 0.3) is 22.7 Å². The molecule has 1 fully saturated rings. The van der Waals surface area contributed by atoms with Crippen molar-refractivity contribution < 1.29 is 56.8 Å². The van der Waals surface area contributed by atoms with Gasteiger partial charge >= 0.3 is 0 Å². The van der Waals surface area contributed by atoms with Crippen LogP contribution in [-0.4, -0.2) is 133 Å². The molecule has 0 radical (unpaired) electrons. The van der Waals surface area contributed by atoms with Gasteiger partial charge in [0.05, 0.1) is 76.8 Å². The number of oxazole rings is 1. The van der Waals surface area contributed by atoms with E-state index in [9.17, 15) is 28.8 Å². The number of imide groups is 2. The minimum absolute atomic E-state index is 0.0706.